The number of methoxy groups -OCH3 is 1. The molecule has 1 aromatic heterocycles. The Hall–Kier alpha value is -3.16. The Morgan fingerprint density at radius 1 is 1.03 bits per heavy atom. The Bertz CT molecular complexity index is 965. The molecule has 2 heterocycles. The van der Waals surface area contributed by atoms with E-state index in [9.17, 15) is 9.59 Å². The molecule has 8 heteroatoms. The summed E-state index contributed by atoms with van der Waals surface area (Å²) < 4.78 is 5.21. The fourth-order valence-corrected chi connectivity index (χ4v) is 4.44. The molecule has 2 fully saturated rings. The Morgan fingerprint density at radius 3 is 2.26 bits per heavy atom. The third kappa shape index (κ3) is 5.66. The molecule has 1 aromatic carbocycles. The molecule has 4 rings (SSSR count). The smallest absolute Gasteiger partial charge is 0.242 e. The summed E-state index contributed by atoms with van der Waals surface area (Å²) in [6, 6.07) is 11.7. The second-order valence-corrected chi connectivity index (χ2v) is 9.61. The van der Waals surface area contributed by atoms with Gasteiger partial charge >= 0.3 is 0 Å². The van der Waals surface area contributed by atoms with Crippen LogP contribution in [-0.4, -0.2) is 78.2 Å². The van der Waals surface area contributed by atoms with Crippen molar-refractivity contribution in [1.82, 2.24) is 20.0 Å². The minimum atomic E-state index is 0.0360. The molecular weight excluding hydrogens is 430 g/mol. The van der Waals surface area contributed by atoms with Gasteiger partial charge in [-0.1, -0.05) is 20.3 Å². The molecule has 2 aromatic rings. The third-order valence-electron chi connectivity index (χ3n) is 6.67. The highest BCUT2D eigenvalue weighted by atomic mass is 16.5. The van der Waals surface area contributed by atoms with Crippen LogP contribution in [0.2, 0.25) is 0 Å². The van der Waals surface area contributed by atoms with Crippen LogP contribution in [-0.2, 0) is 9.59 Å². The number of benzene rings is 1. The summed E-state index contributed by atoms with van der Waals surface area (Å²) in [7, 11) is 1.65. The zero-order chi connectivity index (χ0) is 24.1. The van der Waals surface area contributed by atoms with E-state index in [4.69, 9.17) is 4.74 Å². The predicted octanol–water partition coefficient (Wildman–Crippen LogP) is 3.09. The molecule has 0 radical (unpaired) electrons. The highest BCUT2D eigenvalue weighted by Gasteiger charge is 2.32. The van der Waals surface area contributed by atoms with E-state index in [2.05, 4.69) is 28.9 Å². The van der Waals surface area contributed by atoms with E-state index in [1.54, 1.807) is 12.0 Å². The van der Waals surface area contributed by atoms with Gasteiger partial charge in [0, 0.05) is 44.2 Å². The van der Waals surface area contributed by atoms with E-state index in [1.165, 1.54) is 0 Å². The van der Waals surface area contributed by atoms with Crippen molar-refractivity contribution in [3.63, 3.8) is 0 Å². The minimum Gasteiger partial charge on any atom is -0.497 e. The Morgan fingerprint density at radius 2 is 1.74 bits per heavy atom. The van der Waals surface area contributed by atoms with Gasteiger partial charge in [0.1, 0.15) is 5.75 Å². The largest absolute Gasteiger partial charge is 0.497 e. The number of anilines is 1. The average Bonchev–Trinajstić information content (AvgIpc) is 2.82. The Labute approximate surface area is 201 Å². The van der Waals surface area contributed by atoms with Crippen molar-refractivity contribution >= 4 is 17.6 Å². The van der Waals surface area contributed by atoms with Crippen LogP contribution in [0, 0.1) is 11.8 Å². The van der Waals surface area contributed by atoms with Crippen molar-refractivity contribution in [2.24, 2.45) is 11.8 Å². The molecule has 182 valence electrons. The number of piperazine rings is 1. The van der Waals surface area contributed by atoms with Crippen LogP contribution in [0.3, 0.4) is 0 Å². The second-order valence-electron chi connectivity index (χ2n) is 9.61. The van der Waals surface area contributed by atoms with Crippen LogP contribution < -0.4 is 9.64 Å². The van der Waals surface area contributed by atoms with Crippen LogP contribution in [0.1, 0.15) is 33.1 Å². The van der Waals surface area contributed by atoms with Gasteiger partial charge in [-0.2, -0.15) is 0 Å². The van der Waals surface area contributed by atoms with Gasteiger partial charge in [-0.25, -0.2) is 0 Å². The number of nitrogens with zero attached hydrogens (tertiary/aromatic N) is 5. The minimum absolute atomic E-state index is 0.0360. The van der Waals surface area contributed by atoms with Gasteiger partial charge in [-0.3, -0.25) is 9.59 Å². The summed E-state index contributed by atoms with van der Waals surface area (Å²) in [5.74, 6) is 2.26. The molecule has 2 aliphatic rings. The first kappa shape index (κ1) is 24.0. The maximum Gasteiger partial charge on any atom is 0.242 e. The van der Waals surface area contributed by atoms with Crippen LogP contribution in [0.15, 0.2) is 36.4 Å². The first-order valence-corrected chi connectivity index (χ1v) is 12.2. The number of rotatable bonds is 8. The summed E-state index contributed by atoms with van der Waals surface area (Å²) in [6.45, 7) is 7.63. The van der Waals surface area contributed by atoms with Crippen molar-refractivity contribution in [3.05, 3.63) is 36.4 Å². The first-order valence-electron chi connectivity index (χ1n) is 12.2. The predicted molar refractivity (Wildman–Crippen MR) is 132 cm³/mol. The van der Waals surface area contributed by atoms with E-state index in [1.807, 2.05) is 41.3 Å². The van der Waals surface area contributed by atoms with E-state index >= 15 is 0 Å². The molecule has 0 spiro atoms. The Balaban J connectivity index is 1.31. The molecule has 8 nitrogen and oxygen atoms in total. The molecule has 0 unspecified atom stereocenters. The first-order chi connectivity index (χ1) is 16.4. The normalized spacial score (nSPS) is 16.4. The van der Waals surface area contributed by atoms with E-state index in [0.29, 0.717) is 38.6 Å². The molecule has 1 aliphatic heterocycles. The fourth-order valence-electron chi connectivity index (χ4n) is 4.44. The summed E-state index contributed by atoms with van der Waals surface area (Å²) in [5, 5.41) is 8.81. The van der Waals surface area contributed by atoms with Gasteiger partial charge in [0.15, 0.2) is 5.82 Å². The van der Waals surface area contributed by atoms with Crippen molar-refractivity contribution in [2.45, 2.75) is 33.1 Å². The quantitative estimate of drug-likeness (QED) is 0.596. The lowest BCUT2D eigenvalue weighted by atomic mass is 9.84. The fraction of sp³-hybridized carbons (Fsp3) is 0.538. The van der Waals surface area contributed by atoms with Crippen LogP contribution >= 0.6 is 0 Å². The molecule has 1 aliphatic carbocycles. The van der Waals surface area contributed by atoms with E-state index in [0.717, 1.165) is 42.1 Å². The van der Waals surface area contributed by atoms with Gasteiger partial charge in [0.25, 0.3) is 0 Å². The van der Waals surface area contributed by atoms with Crippen LogP contribution in [0.5, 0.6) is 5.75 Å². The topological polar surface area (TPSA) is 78.9 Å². The molecule has 1 saturated heterocycles. The Kier molecular flexibility index (Phi) is 7.65. The number of carbonyl (C=O) groups excluding carboxylic acids is 2. The third-order valence-corrected chi connectivity index (χ3v) is 6.67. The lowest BCUT2D eigenvalue weighted by Crippen LogP contribution is -2.53. The summed E-state index contributed by atoms with van der Waals surface area (Å²) in [5.41, 5.74) is 1.79. The number of hydrogen-bond acceptors (Lipinski definition) is 6. The van der Waals surface area contributed by atoms with Gasteiger partial charge in [0.05, 0.1) is 19.3 Å². The highest BCUT2D eigenvalue weighted by Crippen LogP contribution is 2.28. The maximum absolute atomic E-state index is 13.0. The van der Waals surface area contributed by atoms with Crippen molar-refractivity contribution in [2.75, 3.05) is 51.3 Å². The van der Waals surface area contributed by atoms with Gasteiger partial charge in [-0.05, 0) is 55.2 Å². The second kappa shape index (κ2) is 10.8. The SMILES string of the molecule is COc1ccc(-c2ccc(N3CCN(C(=O)CN(CC(C)C)C(=O)C4CCC4)CC3)nn2)cc1. The summed E-state index contributed by atoms with van der Waals surface area (Å²) in [4.78, 5) is 31.6. The molecule has 1 saturated carbocycles. The van der Waals surface area contributed by atoms with E-state index in [-0.39, 0.29) is 24.3 Å². The molecular formula is C26H35N5O3. The monoisotopic (exact) mass is 465 g/mol. The number of carbonyl (C=O) groups is 2. The van der Waals surface area contributed by atoms with Crippen LogP contribution in [0.25, 0.3) is 11.3 Å². The zero-order valence-corrected chi connectivity index (χ0v) is 20.4. The standard InChI is InChI=1S/C26H35N5O3/c1-19(2)17-31(26(33)21-5-4-6-21)18-25(32)30-15-13-29(14-16-30)24-12-11-23(27-28-24)20-7-9-22(34-3)10-8-20/h7-12,19,21H,4-6,13-18H2,1-3H3. The van der Waals surface area contributed by atoms with Crippen molar-refractivity contribution in [1.29, 1.82) is 0 Å². The summed E-state index contributed by atoms with van der Waals surface area (Å²) in [6.07, 6.45) is 3.03. The van der Waals surface area contributed by atoms with Crippen molar-refractivity contribution < 1.29 is 14.3 Å². The average molecular weight is 466 g/mol. The van der Waals surface area contributed by atoms with Crippen molar-refractivity contribution in [3.8, 4) is 17.0 Å². The van der Waals surface area contributed by atoms with E-state index < -0.39 is 0 Å². The van der Waals surface area contributed by atoms with Crippen LogP contribution in [0.4, 0.5) is 5.82 Å². The number of amides is 2. The summed E-state index contributed by atoms with van der Waals surface area (Å²) >= 11 is 0. The molecule has 0 N–H and O–H groups in total. The number of hydrogen-bond donors (Lipinski definition) is 0. The van der Waals surface area contributed by atoms with Gasteiger partial charge < -0.3 is 19.4 Å². The molecule has 0 bridgehead atoms. The number of ether oxygens (including phenoxy) is 1. The maximum atomic E-state index is 13.0. The number of aromatic nitrogens is 2. The lowest BCUT2D eigenvalue weighted by molar-refractivity contribution is -0.145. The zero-order valence-electron chi connectivity index (χ0n) is 20.4. The molecule has 34 heavy (non-hydrogen) atoms. The molecule has 2 amide bonds. The molecule has 0 atom stereocenters. The lowest BCUT2D eigenvalue weighted by Gasteiger charge is -2.37. The van der Waals surface area contributed by atoms with Gasteiger partial charge in [-0.15, -0.1) is 10.2 Å². The highest BCUT2D eigenvalue weighted by molar-refractivity contribution is 5.86. The van der Waals surface area contributed by atoms with Gasteiger partial charge in [0.2, 0.25) is 11.8 Å².